The number of imidazole rings is 1. The van der Waals surface area contributed by atoms with Gasteiger partial charge in [0.25, 0.3) is 11.1 Å². The zero-order valence-electron chi connectivity index (χ0n) is 12.9. The lowest BCUT2D eigenvalue weighted by Gasteiger charge is -2.06. The van der Waals surface area contributed by atoms with E-state index >= 15 is 0 Å². The Hall–Kier alpha value is -3.16. The van der Waals surface area contributed by atoms with Crippen LogP contribution in [0.2, 0.25) is 0 Å². The molecule has 0 aliphatic rings. The van der Waals surface area contributed by atoms with Crippen molar-refractivity contribution < 1.29 is 4.79 Å². The number of para-hydroxylation sites is 2. The number of aromatic nitrogens is 4. The molecule has 3 N–H and O–H groups in total. The molecular formula is C16H17N5O3. The molecule has 0 fully saturated rings. The lowest BCUT2D eigenvalue weighted by Crippen LogP contribution is -2.32. The van der Waals surface area contributed by atoms with E-state index in [4.69, 9.17) is 0 Å². The summed E-state index contributed by atoms with van der Waals surface area (Å²) in [6, 6.07) is 10.1. The molecular weight excluding hydrogens is 310 g/mol. The Morgan fingerprint density at radius 2 is 2.00 bits per heavy atom. The van der Waals surface area contributed by atoms with Gasteiger partial charge in [-0.05, 0) is 12.1 Å². The minimum atomic E-state index is -0.375. The molecule has 124 valence electrons. The van der Waals surface area contributed by atoms with Gasteiger partial charge in [0.15, 0.2) is 0 Å². The smallest absolute Gasteiger partial charge is 0.265 e. The Kier molecular flexibility index (Phi) is 4.55. The zero-order chi connectivity index (χ0) is 16.9. The number of rotatable bonds is 6. The summed E-state index contributed by atoms with van der Waals surface area (Å²) in [7, 11) is 0. The molecule has 1 aromatic carbocycles. The van der Waals surface area contributed by atoms with Crippen molar-refractivity contribution in [2.24, 2.45) is 0 Å². The van der Waals surface area contributed by atoms with Gasteiger partial charge < -0.3 is 10.3 Å². The molecule has 0 aliphatic carbocycles. The van der Waals surface area contributed by atoms with Crippen LogP contribution in [0.4, 0.5) is 0 Å². The van der Waals surface area contributed by atoms with E-state index in [1.54, 1.807) is 0 Å². The summed E-state index contributed by atoms with van der Waals surface area (Å²) in [5.41, 5.74) is 1.14. The summed E-state index contributed by atoms with van der Waals surface area (Å²) >= 11 is 0. The molecule has 0 unspecified atom stereocenters. The van der Waals surface area contributed by atoms with Crippen LogP contribution in [-0.2, 0) is 17.8 Å². The summed E-state index contributed by atoms with van der Waals surface area (Å²) in [4.78, 5) is 42.1. The van der Waals surface area contributed by atoms with Gasteiger partial charge >= 0.3 is 0 Å². The molecule has 2 heterocycles. The molecule has 1 amide bonds. The normalized spacial score (nSPS) is 10.8. The first-order valence-corrected chi connectivity index (χ1v) is 7.62. The summed E-state index contributed by atoms with van der Waals surface area (Å²) in [5, 5.41) is 5.15. The molecule has 8 nitrogen and oxygen atoms in total. The van der Waals surface area contributed by atoms with Crippen molar-refractivity contribution >= 4 is 16.9 Å². The van der Waals surface area contributed by atoms with Crippen molar-refractivity contribution in [1.82, 2.24) is 25.1 Å². The Balaban J connectivity index is 1.48. The van der Waals surface area contributed by atoms with Crippen LogP contribution in [0.5, 0.6) is 0 Å². The number of nitrogens with zero attached hydrogens (tertiary/aromatic N) is 2. The number of H-pyrrole nitrogens is 2. The molecule has 0 radical (unpaired) electrons. The Bertz CT molecular complexity index is 936. The fourth-order valence-electron chi connectivity index (χ4n) is 2.37. The van der Waals surface area contributed by atoms with E-state index < -0.39 is 0 Å². The van der Waals surface area contributed by atoms with Gasteiger partial charge in [-0.2, -0.15) is 0 Å². The lowest BCUT2D eigenvalue weighted by atomic mass is 10.3. The third kappa shape index (κ3) is 3.78. The van der Waals surface area contributed by atoms with E-state index in [0.29, 0.717) is 13.0 Å². The predicted octanol–water partition coefficient (Wildman–Crippen LogP) is 0.162. The van der Waals surface area contributed by atoms with Gasteiger partial charge in [0.1, 0.15) is 5.82 Å². The highest BCUT2D eigenvalue weighted by Gasteiger charge is 2.05. The van der Waals surface area contributed by atoms with Gasteiger partial charge in [0.05, 0.1) is 17.6 Å². The minimum absolute atomic E-state index is 0.111. The van der Waals surface area contributed by atoms with Crippen molar-refractivity contribution in [3.63, 3.8) is 0 Å². The number of aryl methyl sites for hydroxylation is 1. The zero-order valence-corrected chi connectivity index (χ0v) is 12.9. The topological polar surface area (TPSA) is 113 Å². The molecule has 3 aromatic rings. The number of aromatic amines is 2. The molecule has 8 heteroatoms. The van der Waals surface area contributed by atoms with Crippen molar-refractivity contribution in [2.45, 2.75) is 19.4 Å². The van der Waals surface area contributed by atoms with E-state index in [2.05, 4.69) is 20.4 Å². The van der Waals surface area contributed by atoms with Crippen molar-refractivity contribution in [3.05, 3.63) is 62.9 Å². The Morgan fingerprint density at radius 3 is 2.83 bits per heavy atom. The van der Waals surface area contributed by atoms with E-state index in [1.807, 2.05) is 24.3 Å². The van der Waals surface area contributed by atoms with Crippen molar-refractivity contribution in [2.75, 3.05) is 6.54 Å². The van der Waals surface area contributed by atoms with Crippen LogP contribution < -0.4 is 16.4 Å². The number of fused-ring (bicyclic) bond motifs is 1. The second-order valence-corrected chi connectivity index (χ2v) is 5.35. The highest BCUT2D eigenvalue weighted by Crippen LogP contribution is 2.10. The van der Waals surface area contributed by atoms with Crippen LogP contribution in [0.15, 0.2) is 46.0 Å². The fourth-order valence-corrected chi connectivity index (χ4v) is 2.37. The number of nitrogens with one attached hydrogen (secondary N) is 3. The summed E-state index contributed by atoms with van der Waals surface area (Å²) in [6.45, 7) is 0.574. The van der Waals surface area contributed by atoms with E-state index in [9.17, 15) is 14.4 Å². The molecule has 3 rings (SSSR count). The maximum Gasteiger partial charge on any atom is 0.265 e. The van der Waals surface area contributed by atoms with Crippen LogP contribution in [0.25, 0.3) is 11.0 Å². The SMILES string of the molecule is O=C(CCn1[nH]c(=O)ccc1=O)NCCc1nc2ccccc2[nH]1. The first-order valence-electron chi connectivity index (χ1n) is 7.62. The van der Waals surface area contributed by atoms with E-state index in [1.165, 1.54) is 6.07 Å². The second kappa shape index (κ2) is 6.95. The molecule has 0 bridgehead atoms. The third-order valence-corrected chi connectivity index (χ3v) is 3.57. The van der Waals surface area contributed by atoms with Gasteiger partial charge in [-0.1, -0.05) is 12.1 Å². The predicted molar refractivity (Wildman–Crippen MR) is 88.7 cm³/mol. The average Bonchev–Trinajstić information content (AvgIpc) is 2.98. The van der Waals surface area contributed by atoms with Gasteiger partial charge in [-0.3, -0.25) is 19.5 Å². The second-order valence-electron chi connectivity index (χ2n) is 5.35. The molecule has 0 saturated carbocycles. The Labute approximate surface area is 136 Å². The molecule has 0 aliphatic heterocycles. The van der Waals surface area contributed by atoms with Crippen molar-refractivity contribution in [1.29, 1.82) is 0 Å². The Morgan fingerprint density at radius 1 is 1.17 bits per heavy atom. The molecule has 0 saturated heterocycles. The van der Waals surface area contributed by atoms with E-state index in [0.717, 1.165) is 27.6 Å². The molecule has 0 spiro atoms. The number of carbonyl (C=O) groups is 1. The first-order chi connectivity index (χ1) is 11.6. The van der Waals surface area contributed by atoms with Gasteiger partial charge in [-0.25, -0.2) is 9.67 Å². The monoisotopic (exact) mass is 327 g/mol. The largest absolute Gasteiger partial charge is 0.356 e. The first kappa shape index (κ1) is 15.7. The van der Waals surface area contributed by atoms with Crippen LogP contribution in [-0.4, -0.2) is 32.2 Å². The third-order valence-electron chi connectivity index (χ3n) is 3.57. The maximum atomic E-state index is 11.8. The average molecular weight is 327 g/mol. The number of hydrogen-bond donors (Lipinski definition) is 3. The van der Waals surface area contributed by atoms with Gasteiger partial charge in [0, 0.05) is 31.5 Å². The minimum Gasteiger partial charge on any atom is -0.356 e. The summed E-state index contributed by atoms with van der Waals surface area (Å²) in [6.07, 6.45) is 0.697. The molecule has 24 heavy (non-hydrogen) atoms. The van der Waals surface area contributed by atoms with Crippen LogP contribution in [0.1, 0.15) is 12.2 Å². The lowest BCUT2D eigenvalue weighted by molar-refractivity contribution is -0.121. The van der Waals surface area contributed by atoms with E-state index in [-0.39, 0.29) is 30.0 Å². The fraction of sp³-hybridized carbons (Fsp3) is 0.250. The standard InChI is InChI=1S/C16H17N5O3/c22-14(8-10-21-16(24)6-5-15(23)20-21)17-9-7-13-18-11-3-1-2-4-12(11)19-13/h1-6H,7-10H2,(H,17,22)(H,18,19)(H,20,23). The van der Waals surface area contributed by atoms with Gasteiger partial charge in [-0.15, -0.1) is 0 Å². The molecule has 2 aromatic heterocycles. The van der Waals surface area contributed by atoms with Crippen molar-refractivity contribution in [3.8, 4) is 0 Å². The number of hydrogen-bond acceptors (Lipinski definition) is 4. The number of benzene rings is 1. The summed E-state index contributed by atoms with van der Waals surface area (Å²) < 4.78 is 1.13. The quantitative estimate of drug-likeness (QED) is 0.598. The summed E-state index contributed by atoms with van der Waals surface area (Å²) in [5.74, 6) is 0.614. The van der Waals surface area contributed by atoms with Crippen LogP contribution in [0.3, 0.4) is 0 Å². The number of carbonyl (C=O) groups excluding carboxylic acids is 1. The van der Waals surface area contributed by atoms with Crippen LogP contribution >= 0.6 is 0 Å². The maximum absolute atomic E-state index is 11.8. The number of amides is 1. The van der Waals surface area contributed by atoms with Gasteiger partial charge in [0.2, 0.25) is 5.91 Å². The highest BCUT2D eigenvalue weighted by molar-refractivity contribution is 5.76. The van der Waals surface area contributed by atoms with Crippen LogP contribution in [0, 0.1) is 0 Å². The highest BCUT2D eigenvalue weighted by atomic mass is 16.2. The molecule has 0 atom stereocenters.